The van der Waals surface area contributed by atoms with E-state index in [-0.39, 0.29) is 0 Å². The molecule has 0 aliphatic heterocycles. The van der Waals surface area contributed by atoms with Gasteiger partial charge in [0.2, 0.25) is 0 Å². The molecule has 82 valence electrons. The third-order valence-electron chi connectivity index (χ3n) is 2.10. The second-order valence-corrected chi connectivity index (χ2v) is 3.37. The number of ether oxygens (including phenoxy) is 1. The summed E-state index contributed by atoms with van der Waals surface area (Å²) >= 11 is 0. The number of hydrogen-bond donors (Lipinski definition) is 3. The fourth-order valence-corrected chi connectivity index (χ4v) is 1.21. The first kappa shape index (κ1) is 11.9. The monoisotopic (exact) mass is 209 g/mol. The highest BCUT2D eigenvalue weighted by Gasteiger charge is 2.14. The van der Waals surface area contributed by atoms with Gasteiger partial charge in [0.1, 0.15) is 5.75 Å². The van der Waals surface area contributed by atoms with Crippen molar-refractivity contribution in [1.82, 2.24) is 0 Å². The van der Waals surface area contributed by atoms with Gasteiger partial charge in [-0.1, -0.05) is 19.4 Å². The molecule has 4 nitrogen and oxygen atoms in total. The molecule has 0 spiro atoms. The molecule has 0 aromatic heterocycles. The van der Waals surface area contributed by atoms with Crippen LogP contribution in [0.3, 0.4) is 0 Å². The van der Waals surface area contributed by atoms with Crippen molar-refractivity contribution in [3.05, 3.63) is 18.2 Å². The van der Waals surface area contributed by atoms with Crippen LogP contribution in [-0.4, -0.2) is 23.8 Å². The van der Waals surface area contributed by atoms with Crippen LogP contribution in [0, 0.1) is 0 Å². The molecule has 1 rings (SSSR count). The van der Waals surface area contributed by atoms with E-state index in [2.05, 4.69) is 6.92 Å². The maximum Gasteiger partial charge on any atom is 0.490 e. The third-order valence-corrected chi connectivity index (χ3v) is 2.10. The lowest BCUT2D eigenvalue weighted by molar-refractivity contribution is 0.309. The Morgan fingerprint density at radius 1 is 1.40 bits per heavy atom. The number of nitrogens with two attached hydrogens (primary N) is 1. The maximum absolute atomic E-state index is 8.94. The molecular formula is C10H16BNO3. The predicted octanol–water partition coefficient (Wildman–Crippen LogP) is 0.127. The fraction of sp³-hybridized carbons (Fsp3) is 0.400. The zero-order chi connectivity index (χ0) is 11.3. The molecule has 0 unspecified atom stereocenters. The Kier molecular flexibility index (Phi) is 4.46. The second kappa shape index (κ2) is 5.63. The Balaban J connectivity index is 2.65. The highest BCUT2D eigenvalue weighted by Crippen LogP contribution is 2.13. The standard InChI is InChI=1S/C10H16BNO3/c1-2-3-6-15-8-4-5-9(11(13)14)10(12)7-8/h4-5,7,13-14H,2-3,6,12H2,1H3. The van der Waals surface area contributed by atoms with Crippen molar-refractivity contribution in [2.45, 2.75) is 19.8 Å². The molecule has 5 heteroatoms. The van der Waals surface area contributed by atoms with Crippen LogP contribution in [0.4, 0.5) is 5.69 Å². The average Bonchev–Trinajstić information content (AvgIpc) is 2.17. The van der Waals surface area contributed by atoms with Gasteiger partial charge >= 0.3 is 7.12 Å². The van der Waals surface area contributed by atoms with E-state index in [1.54, 1.807) is 18.2 Å². The van der Waals surface area contributed by atoms with Crippen LogP contribution >= 0.6 is 0 Å². The summed E-state index contributed by atoms with van der Waals surface area (Å²) in [5.74, 6) is 0.658. The van der Waals surface area contributed by atoms with Gasteiger partial charge in [-0.3, -0.25) is 0 Å². The largest absolute Gasteiger partial charge is 0.494 e. The molecule has 1 aromatic carbocycles. The minimum Gasteiger partial charge on any atom is -0.494 e. The molecule has 0 heterocycles. The average molecular weight is 209 g/mol. The summed E-state index contributed by atoms with van der Waals surface area (Å²) in [7, 11) is -1.53. The number of nitrogen functional groups attached to an aromatic ring is 1. The Hall–Kier alpha value is -1.20. The molecule has 0 atom stereocenters. The van der Waals surface area contributed by atoms with Crippen molar-refractivity contribution in [2.24, 2.45) is 0 Å². The number of unbranched alkanes of at least 4 members (excludes halogenated alkanes) is 1. The maximum atomic E-state index is 8.94. The molecule has 4 N–H and O–H groups in total. The quantitative estimate of drug-likeness (QED) is 0.366. The Morgan fingerprint density at radius 3 is 2.67 bits per heavy atom. The summed E-state index contributed by atoms with van der Waals surface area (Å²) < 4.78 is 5.42. The molecule has 0 bridgehead atoms. The van der Waals surface area contributed by atoms with Gasteiger partial charge in [-0.25, -0.2) is 0 Å². The van der Waals surface area contributed by atoms with Crippen molar-refractivity contribution in [3.8, 4) is 5.75 Å². The summed E-state index contributed by atoms with van der Waals surface area (Å²) in [5.41, 5.74) is 6.26. The van der Waals surface area contributed by atoms with E-state index in [1.165, 1.54) is 0 Å². The van der Waals surface area contributed by atoms with Crippen LogP contribution in [0.15, 0.2) is 18.2 Å². The normalized spacial score (nSPS) is 10.1. The lowest BCUT2D eigenvalue weighted by atomic mass is 9.79. The molecule has 0 radical (unpaired) electrons. The number of anilines is 1. The van der Waals surface area contributed by atoms with Gasteiger partial charge in [-0.05, 0) is 12.5 Å². The number of benzene rings is 1. The Bertz CT molecular complexity index is 318. The molecule has 0 saturated carbocycles. The van der Waals surface area contributed by atoms with Gasteiger partial charge in [0.25, 0.3) is 0 Å². The first-order valence-electron chi connectivity index (χ1n) is 5.03. The lowest BCUT2D eigenvalue weighted by Crippen LogP contribution is -2.32. The summed E-state index contributed by atoms with van der Waals surface area (Å²) in [6.07, 6.45) is 2.06. The van der Waals surface area contributed by atoms with Gasteiger partial charge in [0.15, 0.2) is 0 Å². The third kappa shape index (κ3) is 3.45. The minimum atomic E-state index is -1.53. The van der Waals surface area contributed by atoms with E-state index in [1.807, 2.05) is 0 Å². The first-order chi connectivity index (χ1) is 7.15. The van der Waals surface area contributed by atoms with E-state index in [4.69, 9.17) is 20.5 Å². The van der Waals surface area contributed by atoms with Crippen LogP contribution in [0.5, 0.6) is 5.75 Å². The van der Waals surface area contributed by atoms with Crippen LogP contribution < -0.4 is 15.9 Å². The van der Waals surface area contributed by atoms with E-state index in [9.17, 15) is 0 Å². The Labute approximate surface area is 89.8 Å². The van der Waals surface area contributed by atoms with E-state index in [0.29, 0.717) is 23.5 Å². The van der Waals surface area contributed by atoms with Crippen LogP contribution in [0.25, 0.3) is 0 Å². The zero-order valence-electron chi connectivity index (χ0n) is 8.81. The highest BCUT2D eigenvalue weighted by atomic mass is 16.5. The smallest absolute Gasteiger partial charge is 0.490 e. The molecule has 15 heavy (non-hydrogen) atoms. The lowest BCUT2D eigenvalue weighted by Gasteiger charge is -2.08. The summed E-state index contributed by atoms with van der Waals surface area (Å²) in [6.45, 7) is 2.74. The molecule has 1 aromatic rings. The van der Waals surface area contributed by atoms with Gasteiger partial charge < -0.3 is 20.5 Å². The fourth-order valence-electron chi connectivity index (χ4n) is 1.21. The highest BCUT2D eigenvalue weighted by molar-refractivity contribution is 6.60. The molecular weight excluding hydrogens is 193 g/mol. The van der Waals surface area contributed by atoms with Crippen molar-refractivity contribution in [1.29, 1.82) is 0 Å². The number of rotatable bonds is 5. The summed E-state index contributed by atoms with van der Waals surface area (Å²) in [5, 5.41) is 17.9. The summed E-state index contributed by atoms with van der Waals surface area (Å²) in [4.78, 5) is 0. The van der Waals surface area contributed by atoms with Crippen LogP contribution in [0.1, 0.15) is 19.8 Å². The van der Waals surface area contributed by atoms with Crippen molar-refractivity contribution < 1.29 is 14.8 Å². The second-order valence-electron chi connectivity index (χ2n) is 3.37. The van der Waals surface area contributed by atoms with E-state index < -0.39 is 7.12 Å². The van der Waals surface area contributed by atoms with Crippen LogP contribution in [0.2, 0.25) is 0 Å². The topological polar surface area (TPSA) is 75.7 Å². The van der Waals surface area contributed by atoms with Gasteiger partial charge in [0, 0.05) is 17.2 Å². The molecule has 0 aliphatic carbocycles. The van der Waals surface area contributed by atoms with Crippen molar-refractivity contribution >= 4 is 18.3 Å². The molecule has 0 amide bonds. The molecule has 0 saturated heterocycles. The van der Waals surface area contributed by atoms with Crippen LogP contribution in [-0.2, 0) is 0 Å². The van der Waals surface area contributed by atoms with Gasteiger partial charge in [0.05, 0.1) is 6.61 Å². The Morgan fingerprint density at radius 2 is 2.13 bits per heavy atom. The van der Waals surface area contributed by atoms with E-state index in [0.717, 1.165) is 12.8 Å². The SMILES string of the molecule is CCCCOc1ccc(B(O)O)c(N)c1. The molecule has 0 aliphatic rings. The van der Waals surface area contributed by atoms with Crippen molar-refractivity contribution in [3.63, 3.8) is 0 Å². The minimum absolute atomic E-state index is 0.304. The van der Waals surface area contributed by atoms with Gasteiger partial charge in [-0.15, -0.1) is 0 Å². The molecule has 0 fully saturated rings. The van der Waals surface area contributed by atoms with Gasteiger partial charge in [-0.2, -0.15) is 0 Å². The predicted molar refractivity (Wildman–Crippen MR) is 61.1 cm³/mol. The summed E-state index contributed by atoms with van der Waals surface area (Å²) in [6, 6.07) is 4.84. The number of hydrogen-bond acceptors (Lipinski definition) is 4. The first-order valence-corrected chi connectivity index (χ1v) is 5.03. The zero-order valence-corrected chi connectivity index (χ0v) is 8.81. The van der Waals surface area contributed by atoms with E-state index >= 15 is 0 Å². The van der Waals surface area contributed by atoms with Crippen molar-refractivity contribution in [2.75, 3.05) is 12.3 Å².